The lowest BCUT2D eigenvalue weighted by atomic mass is 10.2. The lowest BCUT2D eigenvalue weighted by molar-refractivity contribution is -0.116. The molecule has 0 fully saturated rings. The van der Waals surface area contributed by atoms with Crippen molar-refractivity contribution in [3.8, 4) is 0 Å². The summed E-state index contributed by atoms with van der Waals surface area (Å²) in [6, 6.07) is 5.50. The number of amides is 1. The zero-order valence-corrected chi connectivity index (χ0v) is 12.1. The van der Waals surface area contributed by atoms with E-state index in [9.17, 15) is 9.59 Å². The van der Waals surface area contributed by atoms with Gasteiger partial charge in [0.2, 0.25) is 5.91 Å². The first-order chi connectivity index (χ1) is 9.47. The number of carboxylic acid groups (broad SMARTS) is 1. The highest BCUT2D eigenvalue weighted by Gasteiger charge is 2.12. The summed E-state index contributed by atoms with van der Waals surface area (Å²) in [4.78, 5) is 22.5. The standard InChI is InChI=1S/C12H11BrN4O3/c1-7-3-2-4-8(11(7)13)14-10(18)6-17-5-9(12(19)20)15-16-17/h2-5H,6H2,1H3,(H,14,18)(H,19,20). The lowest BCUT2D eigenvalue weighted by Crippen LogP contribution is -2.19. The highest BCUT2D eigenvalue weighted by atomic mass is 79.9. The Morgan fingerprint density at radius 3 is 2.85 bits per heavy atom. The molecule has 0 aliphatic carbocycles. The quantitative estimate of drug-likeness (QED) is 0.883. The molecule has 0 atom stereocenters. The summed E-state index contributed by atoms with van der Waals surface area (Å²) in [7, 11) is 0. The van der Waals surface area contributed by atoms with Crippen LogP contribution < -0.4 is 5.32 Å². The van der Waals surface area contributed by atoms with Crippen molar-refractivity contribution >= 4 is 33.5 Å². The molecule has 1 aromatic carbocycles. The van der Waals surface area contributed by atoms with Crippen LogP contribution in [-0.2, 0) is 11.3 Å². The average molecular weight is 339 g/mol. The number of carbonyl (C=O) groups is 2. The zero-order valence-electron chi connectivity index (χ0n) is 10.5. The molecule has 0 saturated heterocycles. The molecular formula is C12H11BrN4O3. The van der Waals surface area contributed by atoms with E-state index >= 15 is 0 Å². The zero-order chi connectivity index (χ0) is 14.7. The van der Waals surface area contributed by atoms with E-state index in [4.69, 9.17) is 5.11 Å². The summed E-state index contributed by atoms with van der Waals surface area (Å²) in [6.45, 7) is 1.80. The molecule has 0 spiro atoms. The maximum atomic E-state index is 11.9. The van der Waals surface area contributed by atoms with Crippen LogP contribution in [0.5, 0.6) is 0 Å². The summed E-state index contributed by atoms with van der Waals surface area (Å²) in [6.07, 6.45) is 1.20. The number of nitrogens with one attached hydrogen (secondary N) is 1. The molecule has 2 aromatic rings. The number of nitrogens with zero attached hydrogens (tertiary/aromatic N) is 3. The first-order valence-corrected chi connectivity index (χ1v) is 6.45. The van der Waals surface area contributed by atoms with E-state index in [-0.39, 0.29) is 18.1 Å². The van der Waals surface area contributed by atoms with E-state index in [1.807, 2.05) is 19.1 Å². The molecule has 2 N–H and O–H groups in total. The smallest absolute Gasteiger partial charge is 0.358 e. The molecule has 1 aromatic heterocycles. The van der Waals surface area contributed by atoms with Crippen molar-refractivity contribution < 1.29 is 14.7 Å². The summed E-state index contributed by atoms with van der Waals surface area (Å²) >= 11 is 3.39. The molecule has 20 heavy (non-hydrogen) atoms. The van der Waals surface area contributed by atoms with Crippen LogP contribution in [0.1, 0.15) is 16.1 Å². The number of aryl methyl sites for hydroxylation is 1. The first kappa shape index (κ1) is 14.2. The van der Waals surface area contributed by atoms with Gasteiger partial charge in [-0.1, -0.05) is 17.3 Å². The Balaban J connectivity index is 2.05. The van der Waals surface area contributed by atoms with Gasteiger partial charge in [0.05, 0.1) is 11.9 Å². The third kappa shape index (κ3) is 3.21. The third-order valence-electron chi connectivity index (χ3n) is 2.53. The summed E-state index contributed by atoms with van der Waals surface area (Å²) in [5, 5.41) is 18.4. The minimum Gasteiger partial charge on any atom is -0.476 e. The first-order valence-electron chi connectivity index (χ1n) is 5.66. The predicted molar refractivity (Wildman–Crippen MR) is 74.5 cm³/mol. The molecule has 1 amide bonds. The molecule has 0 aliphatic rings. The molecule has 0 bridgehead atoms. The fourth-order valence-electron chi connectivity index (χ4n) is 1.55. The summed E-state index contributed by atoms with van der Waals surface area (Å²) < 4.78 is 1.97. The molecule has 0 radical (unpaired) electrons. The second-order valence-electron chi connectivity index (χ2n) is 4.09. The van der Waals surface area contributed by atoms with Gasteiger partial charge in [-0.15, -0.1) is 5.10 Å². The van der Waals surface area contributed by atoms with E-state index < -0.39 is 5.97 Å². The van der Waals surface area contributed by atoms with Crippen molar-refractivity contribution in [3.05, 3.63) is 40.1 Å². The van der Waals surface area contributed by atoms with Gasteiger partial charge < -0.3 is 10.4 Å². The highest BCUT2D eigenvalue weighted by Crippen LogP contribution is 2.25. The highest BCUT2D eigenvalue weighted by molar-refractivity contribution is 9.10. The van der Waals surface area contributed by atoms with Crippen LogP contribution in [-0.4, -0.2) is 32.0 Å². The predicted octanol–water partition coefficient (Wildman–Crippen LogP) is 1.69. The Hall–Kier alpha value is -2.22. The minimum atomic E-state index is -1.18. The number of hydrogen-bond donors (Lipinski definition) is 2. The lowest BCUT2D eigenvalue weighted by Gasteiger charge is -2.08. The molecule has 104 valence electrons. The van der Waals surface area contributed by atoms with Crippen LogP contribution >= 0.6 is 15.9 Å². The fraction of sp³-hybridized carbons (Fsp3) is 0.167. The van der Waals surface area contributed by atoms with E-state index in [2.05, 4.69) is 31.6 Å². The molecule has 0 unspecified atom stereocenters. The topological polar surface area (TPSA) is 97.1 Å². The maximum absolute atomic E-state index is 11.9. The second-order valence-corrected chi connectivity index (χ2v) is 4.88. The van der Waals surface area contributed by atoms with Crippen LogP contribution in [0.2, 0.25) is 0 Å². The minimum absolute atomic E-state index is 0.110. The van der Waals surface area contributed by atoms with Gasteiger partial charge in [-0.3, -0.25) is 4.79 Å². The monoisotopic (exact) mass is 338 g/mol. The number of aromatic carboxylic acids is 1. The maximum Gasteiger partial charge on any atom is 0.358 e. The van der Waals surface area contributed by atoms with E-state index in [0.29, 0.717) is 5.69 Å². The number of hydrogen-bond acceptors (Lipinski definition) is 4. The molecule has 8 heteroatoms. The number of carboxylic acids is 1. The van der Waals surface area contributed by atoms with Crippen molar-refractivity contribution in [1.29, 1.82) is 0 Å². The fourth-order valence-corrected chi connectivity index (χ4v) is 1.92. The van der Waals surface area contributed by atoms with Crippen LogP contribution in [0, 0.1) is 6.92 Å². The van der Waals surface area contributed by atoms with Gasteiger partial charge in [0.15, 0.2) is 5.69 Å². The molecule has 0 saturated carbocycles. The van der Waals surface area contributed by atoms with Crippen LogP contribution in [0.3, 0.4) is 0 Å². The Labute approximate surface area is 122 Å². The summed E-state index contributed by atoms with van der Waals surface area (Å²) in [5.41, 5.74) is 1.44. The van der Waals surface area contributed by atoms with Gasteiger partial charge in [0, 0.05) is 4.47 Å². The average Bonchev–Trinajstić information content (AvgIpc) is 2.83. The van der Waals surface area contributed by atoms with Gasteiger partial charge in [0.25, 0.3) is 0 Å². The molecular weight excluding hydrogens is 328 g/mol. The van der Waals surface area contributed by atoms with Gasteiger partial charge in [-0.2, -0.15) is 0 Å². The molecule has 1 heterocycles. The number of anilines is 1. The molecule has 2 rings (SSSR count). The van der Waals surface area contributed by atoms with Crippen molar-refractivity contribution in [3.63, 3.8) is 0 Å². The van der Waals surface area contributed by atoms with Crippen LogP contribution in [0.25, 0.3) is 0 Å². The van der Waals surface area contributed by atoms with E-state index in [1.54, 1.807) is 6.07 Å². The van der Waals surface area contributed by atoms with Gasteiger partial charge in [0.1, 0.15) is 6.54 Å². The largest absolute Gasteiger partial charge is 0.476 e. The van der Waals surface area contributed by atoms with Crippen molar-refractivity contribution in [2.45, 2.75) is 13.5 Å². The second kappa shape index (κ2) is 5.83. The Morgan fingerprint density at radius 2 is 2.20 bits per heavy atom. The van der Waals surface area contributed by atoms with Crippen molar-refractivity contribution in [1.82, 2.24) is 15.0 Å². The number of benzene rings is 1. The Kier molecular flexibility index (Phi) is 4.14. The van der Waals surface area contributed by atoms with Crippen LogP contribution in [0.15, 0.2) is 28.9 Å². The van der Waals surface area contributed by atoms with Gasteiger partial charge in [-0.05, 0) is 34.5 Å². The Bertz CT molecular complexity index is 668. The number of aromatic nitrogens is 3. The van der Waals surface area contributed by atoms with Gasteiger partial charge in [-0.25, -0.2) is 9.48 Å². The molecule has 0 aliphatic heterocycles. The van der Waals surface area contributed by atoms with Crippen molar-refractivity contribution in [2.24, 2.45) is 0 Å². The third-order valence-corrected chi connectivity index (χ3v) is 3.58. The van der Waals surface area contributed by atoms with E-state index in [1.165, 1.54) is 10.9 Å². The summed E-state index contributed by atoms with van der Waals surface area (Å²) in [5.74, 6) is -1.50. The normalized spacial score (nSPS) is 10.3. The van der Waals surface area contributed by atoms with Crippen molar-refractivity contribution in [2.75, 3.05) is 5.32 Å². The van der Waals surface area contributed by atoms with Crippen LogP contribution in [0.4, 0.5) is 5.69 Å². The van der Waals surface area contributed by atoms with Gasteiger partial charge >= 0.3 is 5.97 Å². The van der Waals surface area contributed by atoms with E-state index in [0.717, 1.165) is 10.0 Å². The SMILES string of the molecule is Cc1cccc(NC(=O)Cn2cc(C(=O)O)nn2)c1Br. The number of carbonyl (C=O) groups excluding carboxylic acids is 1. The number of halogens is 1. The number of rotatable bonds is 4. The molecule has 7 nitrogen and oxygen atoms in total. The Morgan fingerprint density at radius 1 is 1.45 bits per heavy atom.